The molecule has 0 aliphatic carbocycles. The number of hydrogen-bond acceptors (Lipinski definition) is 3. The summed E-state index contributed by atoms with van der Waals surface area (Å²) >= 11 is 0. The molecule has 4 heteroatoms. The first kappa shape index (κ1) is 21.8. The van der Waals surface area contributed by atoms with Gasteiger partial charge in [0.15, 0.2) is 8.32 Å². The zero-order valence-electron chi connectivity index (χ0n) is 16.6. The summed E-state index contributed by atoms with van der Waals surface area (Å²) in [6.07, 6.45) is 2.39. The van der Waals surface area contributed by atoms with Crippen molar-refractivity contribution in [3.63, 3.8) is 0 Å². The van der Waals surface area contributed by atoms with Gasteiger partial charge < -0.3 is 14.0 Å². The van der Waals surface area contributed by atoms with E-state index in [4.69, 9.17) is 9.16 Å². The summed E-state index contributed by atoms with van der Waals surface area (Å²) in [4.78, 5) is 11.7. The molecule has 0 aliphatic heterocycles. The van der Waals surface area contributed by atoms with Crippen molar-refractivity contribution in [2.45, 2.75) is 58.5 Å². The third-order valence-corrected chi connectivity index (χ3v) is 9.76. The van der Waals surface area contributed by atoms with Crippen molar-refractivity contribution in [2.75, 3.05) is 6.61 Å². The number of carbonyl (C=O) groups excluding carboxylic acids is 1. The van der Waals surface area contributed by atoms with E-state index in [0.29, 0.717) is 13.2 Å². The lowest BCUT2D eigenvalue weighted by atomic mass is 9.90. The van der Waals surface area contributed by atoms with Crippen LogP contribution in [0.4, 0.5) is 0 Å². The summed E-state index contributed by atoms with van der Waals surface area (Å²) in [5.41, 5.74) is 1.14. The van der Waals surface area contributed by atoms with E-state index in [-0.39, 0.29) is 16.9 Å². The molecule has 0 saturated carbocycles. The van der Waals surface area contributed by atoms with Gasteiger partial charge >= 0.3 is 0 Å². The Morgan fingerprint density at radius 3 is 2.28 bits per heavy atom. The fraction of sp³-hybridized carbons (Fsp3) is 0.571. The van der Waals surface area contributed by atoms with Crippen LogP contribution in [-0.4, -0.2) is 27.3 Å². The summed E-state index contributed by atoms with van der Waals surface area (Å²) in [6, 6.07) is 10.1. The van der Waals surface area contributed by atoms with Crippen LogP contribution >= 0.6 is 0 Å². The smallest absolute Gasteiger partial charge is 0.193 e. The van der Waals surface area contributed by atoms with Crippen LogP contribution in [0.2, 0.25) is 18.1 Å². The number of ether oxygens (including phenoxy) is 1. The van der Waals surface area contributed by atoms with Gasteiger partial charge in [0.25, 0.3) is 0 Å². The van der Waals surface area contributed by atoms with Crippen LogP contribution in [0.15, 0.2) is 43.0 Å². The molecule has 3 nitrogen and oxygen atoms in total. The Morgan fingerprint density at radius 2 is 1.80 bits per heavy atom. The van der Waals surface area contributed by atoms with E-state index < -0.39 is 14.4 Å². The van der Waals surface area contributed by atoms with Gasteiger partial charge in [-0.3, -0.25) is 0 Å². The van der Waals surface area contributed by atoms with Gasteiger partial charge in [-0.25, -0.2) is 0 Å². The highest BCUT2D eigenvalue weighted by Crippen LogP contribution is 2.38. The molecule has 0 radical (unpaired) electrons. The maximum absolute atomic E-state index is 11.7. The van der Waals surface area contributed by atoms with E-state index >= 15 is 0 Å². The molecule has 0 N–H and O–H groups in total. The van der Waals surface area contributed by atoms with Gasteiger partial charge in [-0.15, -0.1) is 6.58 Å². The molecule has 140 valence electrons. The van der Waals surface area contributed by atoms with Gasteiger partial charge in [-0.2, -0.15) is 0 Å². The Balaban J connectivity index is 2.66. The zero-order chi connectivity index (χ0) is 19.1. The van der Waals surface area contributed by atoms with Crippen LogP contribution in [-0.2, 0) is 20.6 Å². The normalized spacial score (nSPS) is 16.1. The van der Waals surface area contributed by atoms with Gasteiger partial charge in [-0.05, 0) is 29.6 Å². The predicted molar refractivity (Wildman–Crippen MR) is 107 cm³/mol. The van der Waals surface area contributed by atoms with Crippen molar-refractivity contribution in [1.82, 2.24) is 0 Å². The molecule has 1 aromatic carbocycles. The largest absolute Gasteiger partial charge is 0.407 e. The van der Waals surface area contributed by atoms with Crippen molar-refractivity contribution in [2.24, 2.45) is 11.8 Å². The topological polar surface area (TPSA) is 35.5 Å². The standard InChI is InChI=1S/C21H34O3Si/c1-8-19(16-23-15-18-12-10-9-11-13-18)17(2)20(14-22)24-25(6,7)21(3,4)5/h8-14,17,19-20H,1,15-16H2,2-7H3/t17-,19-,20+/m0/s1. The van der Waals surface area contributed by atoms with Gasteiger partial charge in [0.05, 0.1) is 13.2 Å². The van der Waals surface area contributed by atoms with Crippen LogP contribution in [0.25, 0.3) is 0 Å². The molecule has 0 amide bonds. The number of rotatable bonds is 10. The summed E-state index contributed by atoms with van der Waals surface area (Å²) in [6.45, 7) is 18.0. The van der Waals surface area contributed by atoms with Crippen LogP contribution in [0.3, 0.4) is 0 Å². The molecular weight excluding hydrogens is 328 g/mol. The fourth-order valence-electron chi connectivity index (χ4n) is 2.34. The predicted octanol–water partition coefficient (Wildman–Crippen LogP) is 5.23. The molecule has 0 bridgehead atoms. The third-order valence-electron chi connectivity index (χ3n) is 5.29. The molecule has 1 aromatic rings. The zero-order valence-corrected chi connectivity index (χ0v) is 17.6. The number of carbonyl (C=O) groups is 1. The Kier molecular flexibility index (Phi) is 8.25. The maximum Gasteiger partial charge on any atom is 0.193 e. The monoisotopic (exact) mass is 362 g/mol. The maximum atomic E-state index is 11.7. The second-order valence-electron chi connectivity index (χ2n) is 8.24. The second-order valence-corrected chi connectivity index (χ2v) is 13.0. The summed E-state index contributed by atoms with van der Waals surface area (Å²) in [5, 5.41) is 0.0709. The lowest BCUT2D eigenvalue weighted by Gasteiger charge is -2.40. The first-order valence-corrected chi connectivity index (χ1v) is 11.9. The number of benzene rings is 1. The van der Waals surface area contributed by atoms with Crippen molar-refractivity contribution in [1.29, 1.82) is 0 Å². The Labute approximate surface area is 154 Å². The van der Waals surface area contributed by atoms with E-state index in [9.17, 15) is 4.79 Å². The summed E-state index contributed by atoms with van der Waals surface area (Å²) < 4.78 is 12.2. The molecule has 0 fully saturated rings. The highest BCUT2D eigenvalue weighted by Gasteiger charge is 2.40. The molecule has 0 aliphatic rings. The first-order valence-electron chi connectivity index (χ1n) is 8.99. The van der Waals surface area contributed by atoms with Gasteiger partial charge in [0.1, 0.15) is 12.4 Å². The van der Waals surface area contributed by atoms with E-state index in [1.807, 2.05) is 43.3 Å². The fourth-order valence-corrected chi connectivity index (χ4v) is 3.65. The van der Waals surface area contributed by atoms with Gasteiger partial charge in [-0.1, -0.05) is 64.1 Å². The average Bonchev–Trinajstić information content (AvgIpc) is 2.56. The summed E-state index contributed by atoms with van der Waals surface area (Å²) in [7, 11) is -2.00. The molecule has 0 heterocycles. The molecule has 0 unspecified atom stereocenters. The molecule has 1 rings (SSSR count). The van der Waals surface area contributed by atoms with E-state index in [1.54, 1.807) is 0 Å². The third kappa shape index (κ3) is 6.53. The van der Waals surface area contributed by atoms with Crippen molar-refractivity contribution in [3.05, 3.63) is 48.6 Å². The van der Waals surface area contributed by atoms with Crippen molar-refractivity contribution < 1.29 is 14.0 Å². The van der Waals surface area contributed by atoms with E-state index in [0.717, 1.165) is 11.8 Å². The number of hydrogen-bond donors (Lipinski definition) is 0. The lowest BCUT2D eigenvalue weighted by Crippen LogP contribution is -2.47. The first-order chi connectivity index (χ1) is 11.6. The van der Waals surface area contributed by atoms with E-state index in [1.165, 1.54) is 0 Å². The highest BCUT2D eigenvalue weighted by atomic mass is 28.4. The minimum absolute atomic E-state index is 0.0277. The van der Waals surface area contributed by atoms with Crippen LogP contribution in [0, 0.1) is 11.8 Å². The molecule has 25 heavy (non-hydrogen) atoms. The SMILES string of the molecule is C=C[C@@H](COCc1ccccc1)[C@H](C)[C@@H](C=O)O[Si](C)(C)C(C)(C)C. The van der Waals surface area contributed by atoms with Crippen LogP contribution in [0.5, 0.6) is 0 Å². The minimum atomic E-state index is -2.00. The lowest BCUT2D eigenvalue weighted by molar-refractivity contribution is -0.117. The average molecular weight is 363 g/mol. The molecular formula is C21H34O3Si. The van der Waals surface area contributed by atoms with Gasteiger partial charge in [0.2, 0.25) is 0 Å². The van der Waals surface area contributed by atoms with Crippen molar-refractivity contribution >= 4 is 14.6 Å². The Hall–Kier alpha value is -1.23. The number of aldehydes is 1. The quantitative estimate of drug-likeness (QED) is 0.325. The van der Waals surface area contributed by atoms with Gasteiger partial charge in [0, 0.05) is 5.92 Å². The molecule has 0 aromatic heterocycles. The van der Waals surface area contributed by atoms with Crippen LogP contribution < -0.4 is 0 Å². The van der Waals surface area contributed by atoms with Crippen LogP contribution in [0.1, 0.15) is 33.3 Å². The highest BCUT2D eigenvalue weighted by molar-refractivity contribution is 6.74. The molecule has 0 saturated heterocycles. The minimum Gasteiger partial charge on any atom is -0.407 e. The Bertz CT molecular complexity index is 534. The Morgan fingerprint density at radius 1 is 1.20 bits per heavy atom. The summed E-state index contributed by atoms with van der Waals surface area (Å²) in [5.74, 6) is 0.101. The van der Waals surface area contributed by atoms with Crippen molar-refractivity contribution in [3.8, 4) is 0 Å². The van der Waals surface area contributed by atoms with E-state index in [2.05, 4.69) is 40.4 Å². The second kappa shape index (κ2) is 9.46. The molecule has 3 atom stereocenters. The molecule has 0 spiro atoms.